The first-order chi connectivity index (χ1) is 9.42. The van der Waals surface area contributed by atoms with Crippen molar-refractivity contribution in [3.05, 3.63) is 27.4 Å². The molecule has 0 saturated carbocycles. The van der Waals surface area contributed by atoms with E-state index in [0.717, 1.165) is 13.3 Å². The normalized spacial score (nSPS) is 10.4. The lowest BCUT2D eigenvalue weighted by Crippen LogP contribution is -2.12. The van der Waals surface area contributed by atoms with Crippen molar-refractivity contribution in [2.24, 2.45) is 0 Å². The van der Waals surface area contributed by atoms with Gasteiger partial charge in [-0.25, -0.2) is 8.78 Å². The summed E-state index contributed by atoms with van der Waals surface area (Å²) in [5, 5.41) is 10.7. The van der Waals surface area contributed by atoms with Crippen LogP contribution in [0, 0.1) is 10.1 Å². The third-order valence-electron chi connectivity index (χ3n) is 2.37. The van der Waals surface area contributed by atoms with Crippen LogP contribution in [-0.2, 0) is 16.0 Å². The van der Waals surface area contributed by atoms with E-state index >= 15 is 0 Å². The lowest BCUT2D eigenvalue weighted by molar-refractivity contribution is -0.390. The lowest BCUT2D eigenvalue weighted by atomic mass is 10.1. The van der Waals surface area contributed by atoms with Crippen molar-refractivity contribution in [3.63, 3.8) is 0 Å². The molecule has 1 heterocycles. The van der Waals surface area contributed by atoms with Gasteiger partial charge in [0.1, 0.15) is 6.20 Å². The maximum atomic E-state index is 13.1. The van der Waals surface area contributed by atoms with Gasteiger partial charge in [-0.2, -0.15) is 0 Å². The molecular weight excluding hydrogens is 278 g/mol. The highest BCUT2D eigenvalue weighted by Crippen LogP contribution is 2.37. The maximum Gasteiger partial charge on any atom is 0.406 e. The van der Waals surface area contributed by atoms with Crippen LogP contribution in [0.5, 0.6) is 5.75 Å². The maximum absolute atomic E-state index is 13.1. The summed E-state index contributed by atoms with van der Waals surface area (Å²) in [6.45, 7) is 1.67. The molecule has 1 aromatic heterocycles. The molecule has 0 radical (unpaired) electrons. The molecule has 9 heteroatoms. The third kappa shape index (κ3) is 3.37. The van der Waals surface area contributed by atoms with E-state index in [2.05, 4.69) is 14.5 Å². The molecule has 0 aliphatic rings. The van der Waals surface area contributed by atoms with Gasteiger partial charge in [0, 0.05) is 5.56 Å². The molecule has 0 N–H and O–H groups in total. The Labute approximate surface area is 112 Å². The van der Waals surface area contributed by atoms with E-state index in [0.29, 0.717) is 0 Å². The molecule has 0 amide bonds. The first-order valence-electron chi connectivity index (χ1n) is 5.56. The summed E-state index contributed by atoms with van der Waals surface area (Å²) in [5.74, 6) is -2.20. The Morgan fingerprint density at radius 1 is 1.55 bits per heavy atom. The molecule has 0 saturated heterocycles. The van der Waals surface area contributed by atoms with Crippen LogP contribution in [0.2, 0.25) is 0 Å². The van der Waals surface area contributed by atoms with Crippen LogP contribution in [0.4, 0.5) is 14.6 Å². The van der Waals surface area contributed by atoms with Crippen molar-refractivity contribution in [1.82, 2.24) is 4.98 Å². The van der Waals surface area contributed by atoms with Gasteiger partial charge in [0.15, 0.2) is 0 Å². The summed E-state index contributed by atoms with van der Waals surface area (Å²) >= 11 is 0. The highest BCUT2D eigenvalue weighted by molar-refractivity contribution is 5.73. The van der Waals surface area contributed by atoms with E-state index in [1.165, 1.54) is 0 Å². The zero-order valence-electron chi connectivity index (χ0n) is 10.8. The Kier molecular flexibility index (Phi) is 5.30. The molecular formula is C11H12F2N2O5. The highest BCUT2D eigenvalue weighted by Gasteiger charge is 2.30. The molecule has 0 aromatic carbocycles. The van der Waals surface area contributed by atoms with Crippen LogP contribution in [0.1, 0.15) is 24.5 Å². The number of rotatable bonds is 6. The number of ether oxygens (including phenoxy) is 2. The fourth-order valence-electron chi connectivity index (χ4n) is 1.61. The number of pyridine rings is 1. The molecule has 1 aromatic rings. The molecule has 0 aliphatic carbocycles. The first-order valence-corrected chi connectivity index (χ1v) is 5.56. The second-order valence-electron chi connectivity index (χ2n) is 3.59. The van der Waals surface area contributed by atoms with Gasteiger partial charge in [0.2, 0.25) is 5.75 Å². The lowest BCUT2D eigenvalue weighted by Gasteiger charge is -2.11. The van der Waals surface area contributed by atoms with Crippen LogP contribution < -0.4 is 4.74 Å². The van der Waals surface area contributed by atoms with Gasteiger partial charge in [0.05, 0.1) is 25.7 Å². The molecule has 0 bridgehead atoms. The van der Waals surface area contributed by atoms with Gasteiger partial charge in [-0.05, 0) is 16.8 Å². The second kappa shape index (κ2) is 6.73. The Balaban J connectivity index is 3.31. The smallest absolute Gasteiger partial charge is 0.406 e. The van der Waals surface area contributed by atoms with Gasteiger partial charge >= 0.3 is 11.8 Å². The second-order valence-corrected chi connectivity index (χ2v) is 3.59. The fraction of sp³-hybridized carbons (Fsp3) is 0.455. The minimum absolute atomic E-state index is 0.0976. The van der Waals surface area contributed by atoms with Gasteiger partial charge in [-0.15, -0.1) is 0 Å². The predicted octanol–water partition coefficient (Wildman–Crippen LogP) is 2.04. The summed E-state index contributed by atoms with van der Waals surface area (Å²) in [4.78, 5) is 24.6. The van der Waals surface area contributed by atoms with Gasteiger partial charge < -0.3 is 19.6 Å². The average Bonchev–Trinajstić information content (AvgIpc) is 2.37. The predicted molar refractivity (Wildman–Crippen MR) is 62.7 cm³/mol. The molecule has 0 unspecified atom stereocenters. The van der Waals surface area contributed by atoms with Gasteiger partial charge in [0.25, 0.3) is 6.43 Å². The summed E-state index contributed by atoms with van der Waals surface area (Å²) in [6.07, 6.45) is -2.65. The van der Waals surface area contributed by atoms with Gasteiger partial charge in [-0.3, -0.25) is 4.79 Å². The number of nitro groups is 1. The Hall–Kier alpha value is -2.32. The number of esters is 1. The Bertz CT molecular complexity index is 522. The molecule has 110 valence electrons. The van der Waals surface area contributed by atoms with Crippen LogP contribution >= 0.6 is 0 Å². The zero-order chi connectivity index (χ0) is 15.3. The number of alkyl halides is 2. The number of carbonyl (C=O) groups excluding carboxylic acids is 1. The van der Waals surface area contributed by atoms with E-state index in [-0.39, 0.29) is 12.2 Å². The number of carbonyl (C=O) groups is 1. The molecule has 1 rings (SSSR count). The number of hydrogen-bond acceptors (Lipinski definition) is 6. The molecule has 0 atom stereocenters. The van der Waals surface area contributed by atoms with Crippen LogP contribution in [-0.4, -0.2) is 29.6 Å². The Morgan fingerprint density at radius 2 is 2.20 bits per heavy atom. The molecule has 0 spiro atoms. The minimum atomic E-state index is -3.05. The zero-order valence-corrected chi connectivity index (χ0v) is 10.8. The van der Waals surface area contributed by atoms with Crippen LogP contribution in [0.15, 0.2) is 6.20 Å². The minimum Gasteiger partial charge on any atom is -0.489 e. The number of nitrogens with zero attached hydrogens (tertiary/aromatic N) is 2. The quantitative estimate of drug-likeness (QED) is 0.452. The highest BCUT2D eigenvalue weighted by atomic mass is 19.3. The fourth-order valence-corrected chi connectivity index (χ4v) is 1.61. The van der Waals surface area contributed by atoms with Crippen molar-refractivity contribution in [2.75, 3.05) is 13.7 Å². The van der Waals surface area contributed by atoms with E-state index in [1.807, 2.05) is 0 Å². The first kappa shape index (κ1) is 15.7. The van der Waals surface area contributed by atoms with Crippen molar-refractivity contribution >= 4 is 11.8 Å². The number of aromatic nitrogens is 1. The molecule has 0 aliphatic heterocycles. The number of hydrogen-bond donors (Lipinski definition) is 0. The summed E-state index contributed by atoms with van der Waals surface area (Å²) < 4.78 is 35.4. The topological polar surface area (TPSA) is 91.6 Å². The van der Waals surface area contributed by atoms with Crippen LogP contribution in [0.25, 0.3) is 0 Å². The van der Waals surface area contributed by atoms with Crippen molar-refractivity contribution in [2.45, 2.75) is 19.8 Å². The number of halogens is 2. The molecule has 20 heavy (non-hydrogen) atoms. The van der Waals surface area contributed by atoms with E-state index in [4.69, 9.17) is 0 Å². The van der Waals surface area contributed by atoms with Crippen LogP contribution in [0.3, 0.4) is 0 Å². The summed E-state index contributed by atoms with van der Waals surface area (Å²) in [6, 6.07) is 0. The van der Waals surface area contributed by atoms with Gasteiger partial charge in [-0.1, -0.05) is 0 Å². The van der Waals surface area contributed by atoms with E-state index in [9.17, 15) is 23.7 Å². The largest absolute Gasteiger partial charge is 0.489 e. The van der Waals surface area contributed by atoms with E-state index in [1.54, 1.807) is 6.92 Å². The molecule has 7 nitrogen and oxygen atoms in total. The monoisotopic (exact) mass is 290 g/mol. The molecule has 0 fully saturated rings. The standard InChI is InChI=1S/C11H12F2N2O5/c1-3-20-7(16)4-6-5-14-11(15(17)18)9(19-2)8(6)10(12)13/h5,10H,3-4H2,1-2H3. The van der Waals surface area contributed by atoms with E-state index < -0.39 is 40.9 Å². The van der Waals surface area contributed by atoms with Crippen molar-refractivity contribution in [3.8, 4) is 5.75 Å². The van der Waals surface area contributed by atoms with Crippen molar-refractivity contribution in [1.29, 1.82) is 0 Å². The Morgan fingerprint density at radius 3 is 2.65 bits per heavy atom. The third-order valence-corrected chi connectivity index (χ3v) is 2.37. The average molecular weight is 290 g/mol. The summed E-state index contributed by atoms with van der Waals surface area (Å²) in [7, 11) is 1.02. The SMILES string of the molecule is CCOC(=O)Cc1cnc([N+](=O)[O-])c(OC)c1C(F)F. The summed E-state index contributed by atoms with van der Waals surface area (Å²) in [5.41, 5.74) is -0.886. The number of methoxy groups -OCH3 is 1. The van der Waals surface area contributed by atoms with Crippen molar-refractivity contribution < 1.29 is 28.0 Å².